The quantitative estimate of drug-likeness (QED) is 0.838. The maximum Gasteiger partial charge on any atom is 0.265 e. The van der Waals surface area contributed by atoms with E-state index >= 15 is 0 Å². The molecule has 108 valence electrons. The van der Waals surface area contributed by atoms with Crippen LogP contribution in [0.25, 0.3) is 0 Å². The van der Waals surface area contributed by atoms with E-state index in [1.165, 1.54) is 19.1 Å². The van der Waals surface area contributed by atoms with E-state index in [0.29, 0.717) is 11.4 Å². The molecule has 6 nitrogen and oxygen atoms in total. The van der Waals surface area contributed by atoms with Crippen molar-refractivity contribution in [3.8, 4) is 5.75 Å². The van der Waals surface area contributed by atoms with Crippen molar-refractivity contribution in [3.63, 3.8) is 0 Å². The van der Waals surface area contributed by atoms with Gasteiger partial charge in [0.1, 0.15) is 11.5 Å². The minimum absolute atomic E-state index is 0.0823. The van der Waals surface area contributed by atoms with Crippen molar-refractivity contribution in [1.82, 2.24) is 0 Å². The zero-order chi connectivity index (χ0) is 14.9. The van der Waals surface area contributed by atoms with Gasteiger partial charge in [-0.25, -0.2) is 8.42 Å². The van der Waals surface area contributed by atoms with E-state index in [0.717, 1.165) is 0 Å². The summed E-state index contributed by atoms with van der Waals surface area (Å²) in [5, 5.41) is 2.62. The van der Waals surface area contributed by atoms with Crippen LogP contribution in [0, 0.1) is 0 Å². The van der Waals surface area contributed by atoms with Crippen LogP contribution in [-0.2, 0) is 14.6 Å². The first-order valence-electron chi connectivity index (χ1n) is 6.17. The molecule has 0 saturated heterocycles. The number of nitrogens with one attached hydrogen (secondary N) is 1. The van der Waals surface area contributed by atoms with Crippen LogP contribution >= 0.6 is 0 Å². The van der Waals surface area contributed by atoms with Crippen molar-refractivity contribution < 1.29 is 22.7 Å². The van der Waals surface area contributed by atoms with Crippen molar-refractivity contribution in [1.29, 1.82) is 0 Å². The third-order valence-corrected chi connectivity index (χ3v) is 4.60. The van der Waals surface area contributed by atoms with Gasteiger partial charge < -0.3 is 10.1 Å². The smallest absolute Gasteiger partial charge is 0.265 e. The lowest BCUT2D eigenvalue weighted by Gasteiger charge is -2.23. The number of benzene rings is 1. The van der Waals surface area contributed by atoms with Gasteiger partial charge in [0, 0.05) is 11.3 Å². The number of anilines is 1. The Morgan fingerprint density at radius 1 is 1.40 bits per heavy atom. The van der Waals surface area contributed by atoms with E-state index in [1.807, 2.05) is 0 Å². The van der Waals surface area contributed by atoms with E-state index in [4.69, 9.17) is 4.74 Å². The molecule has 2 rings (SSSR count). The summed E-state index contributed by atoms with van der Waals surface area (Å²) in [6, 6.07) is 4.49. The van der Waals surface area contributed by atoms with E-state index in [1.54, 1.807) is 13.0 Å². The van der Waals surface area contributed by atoms with Gasteiger partial charge in [0.2, 0.25) is 0 Å². The van der Waals surface area contributed by atoms with Crippen LogP contribution in [-0.4, -0.2) is 37.7 Å². The van der Waals surface area contributed by atoms with E-state index < -0.39 is 27.5 Å². The fraction of sp³-hybridized carbons (Fsp3) is 0.385. The van der Waals surface area contributed by atoms with E-state index in [2.05, 4.69) is 5.32 Å². The van der Waals surface area contributed by atoms with Gasteiger partial charge in [-0.05, 0) is 25.1 Å². The molecule has 0 fully saturated rings. The Morgan fingerprint density at radius 2 is 2.10 bits per heavy atom. The molecule has 1 aliphatic rings. The number of hydrogen-bond acceptors (Lipinski definition) is 5. The summed E-state index contributed by atoms with van der Waals surface area (Å²) in [6.45, 7) is 3.11. The fourth-order valence-electron chi connectivity index (χ4n) is 1.77. The number of sulfone groups is 1. The van der Waals surface area contributed by atoms with Crippen LogP contribution in [0.1, 0.15) is 24.2 Å². The Hall–Kier alpha value is -1.89. The maximum absolute atomic E-state index is 11.9. The lowest BCUT2D eigenvalue weighted by molar-refractivity contribution is -0.122. The van der Waals surface area contributed by atoms with Crippen LogP contribution in [0.3, 0.4) is 0 Å². The highest BCUT2D eigenvalue weighted by molar-refractivity contribution is 7.92. The topological polar surface area (TPSA) is 89.5 Å². The second-order valence-corrected chi connectivity index (χ2v) is 6.91. The fourth-order valence-corrected chi connectivity index (χ4v) is 2.54. The Kier molecular flexibility index (Phi) is 3.80. The Labute approximate surface area is 117 Å². The molecule has 0 saturated carbocycles. The first-order valence-corrected chi connectivity index (χ1v) is 7.99. The Bertz CT molecular complexity index is 665. The summed E-state index contributed by atoms with van der Waals surface area (Å²) in [7, 11) is -3.38. The highest BCUT2D eigenvalue weighted by Gasteiger charge is 2.25. The average Bonchev–Trinajstić information content (AvgIpc) is 2.39. The number of ether oxygens (including phenoxy) is 1. The van der Waals surface area contributed by atoms with Gasteiger partial charge in [-0.1, -0.05) is 6.92 Å². The van der Waals surface area contributed by atoms with Crippen LogP contribution in [0.4, 0.5) is 5.69 Å². The number of ketones is 1. The maximum atomic E-state index is 11.9. The number of Topliss-reactive ketones (excluding diaryl/α,β-unsaturated/α-hetero) is 1. The van der Waals surface area contributed by atoms with Crippen LogP contribution in [0.2, 0.25) is 0 Å². The largest absolute Gasteiger partial charge is 0.479 e. The van der Waals surface area contributed by atoms with Crippen molar-refractivity contribution in [2.75, 3.05) is 16.8 Å². The van der Waals surface area contributed by atoms with Gasteiger partial charge in [0.05, 0.1) is 5.69 Å². The van der Waals surface area contributed by atoms with Crippen LogP contribution in [0.5, 0.6) is 5.75 Å². The molecule has 1 amide bonds. The predicted octanol–water partition coefficient (Wildman–Crippen LogP) is 1.02. The second-order valence-electron chi connectivity index (χ2n) is 4.56. The molecular formula is C13H15NO5S. The molecule has 0 radical (unpaired) electrons. The van der Waals surface area contributed by atoms with Gasteiger partial charge in [-0.2, -0.15) is 0 Å². The molecule has 0 aliphatic carbocycles. The third kappa shape index (κ3) is 2.98. The minimum atomic E-state index is -3.38. The Balaban J connectivity index is 2.26. The van der Waals surface area contributed by atoms with Crippen molar-refractivity contribution >= 4 is 27.2 Å². The summed E-state index contributed by atoms with van der Waals surface area (Å²) in [5.74, 6) is -0.952. The molecule has 0 bridgehead atoms. The number of amides is 1. The molecule has 20 heavy (non-hydrogen) atoms. The predicted molar refractivity (Wildman–Crippen MR) is 73.8 cm³/mol. The number of fused-ring (bicyclic) bond motifs is 1. The molecule has 1 aromatic rings. The second kappa shape index (κ2) is 5.24. The van der Waals surface area contributed by atoms with Crippen LogP contribution < -0.4 is 10.1 Å². The molecular weight excluding hydrogens is 282 g/mol. The number of carbonyl (C=O) groups excluding carboxylic acids is 2. The molecule has 1 aliphatic heterocycles. The number of rotatable bonds is 4. The van der Waals surface area contributed by atoms with Gasteiger partial charge in [-0.15, -0.1) is 0 Å². The molecule has 1 unspecified atom stereocenters. The average molecular weight is 297 g/mol. The van der Waals surface area contributed by atoms with Gasteiger partial charge in [0.15, 0.2) is 21.7 Å². The van der Waals surface area contributed by atoms with E-state index in [9.17, 15) is 18.0 Å². The first kappa shape index (κ1) is 14.5. The van der Waals surface area contributed by atoms with E-state index in [-0.39, 0.29) is 17.2 Å². The normalized spacial score (nSPS) is 17.9. The zero-order valence-electron chi connectivity index (χ0n) is 11.2. The molecule has 7 heteroatoms. The lowest BCUT2D eigenvalue weighted by atomic mass is 10.1. The highest BCUT2D eigenvalue weighted by Crippen LogP contribution is 2.30. The molecule has 1 N–H and O–H groups in total. The molecule has 1 heterocycles. The monoisotopic (exact) mass is 297 g/mol. The molecule has 1 aromatic carbocycles. The van der Waals surface area contributed by atoms with Gasteiger partial charge >= 0.3 is 0 Å². The number of carbonyl (C=O) groups is 2. The third-order valence-electron chi connectivity index (χ3n) is 3.02. The van der Waals surface area contributed by atoms with Crippen molar-refractivity contribution in [2.24, 2.45) is 0 Å². The molecule has 0 spiro atoms. The van der Waals surface area contributed by atoms with Crippen LogP contribution in [0.15, 0.2) is 18.2 Å². The first-order chi connectivity index (χ1) is 9.32. The highest BCUT2D eigenvalue weighted by atomic mass is 32.2. The SMILES string of the molecule is CCS(=O)(=O)CC(=O)c1ccc2c(c1)NC(=O)C(C)O2. The van der Waals surface area contributed by atoms with Gasteiger partial charge in [-0.3, -0.25) is 9.59 Å². The number of hydrogen-bond donors (Lipinski definition) is 1. The lowest BCUT2D eigenvalue weighted by Crippen LogP contribution is -2.34. The summed E-state index contributed by atoms with van der Waals surface area (Å²) in [5.41, 5.74) is 0.618. The minimum Gasteiger partial charge on any atom is -0.479 e. The zero-order valence-corrected chi connectivity index (χ0v) is 12.0. The summed E-state index contributed by atoms with van der Waals surface area (Å²) in [6.07, 6.45) is -0.593. The van der Waals surface area contributed by atoms with Crippen molar-refractivity contribution in [2.45, 2.75) is 20.0 Å². The molecule has 1 atom stereocenters. The molecule has 0 aromatic heterocycles. The van der Waals surface area contributed by atoms with Gasteiger partial charge in [0.25, 0.3) is 5.91 Å². The summed E-state index contributed by atoms with van der Waals surface area (Å²) < 4.78 is 28.3. The van der Waals surface area contributed by atoms with Crippen molar-refractivity contribution in [3.05, 3.63) is 23.8 Å². The summed E-state index contributed by atoms with van der Waals surface area (Å²) in [4.78, 5) is 23.4. The standard InChI is InChI=1S/C13H15NO5S/c1-3-20(17,18)7-11(15)9-4-5-12-10(6-9)14-13(16)8(2)19-12/h4-6,8H,3,7H2,1-2H3,(H,14,16). The summed E-state index contributed by atoms with van der Waals surface area (Å²) >= 11 is 0. The Morgan fingerprint density at radius 3 is 2.75 bits per heavy atom.